The molecule has 2 aromatic rings. The molecule has 158 valence electrons. The second-order valence-electron chi connectivity index (χ2n) is 7.51. The van der Waals surface area contributed by atoms with Crippen molar-refractivity contribution in [2.75, 3.05) is 13.1 Å². The Morgan fingerprint density at radius 3 is 2.69 bits per heavy atom. The van der Waals surface area contributed by atoms with Crippen LogP contribution in [0.2, 0.25) is 5.02 Å². The largest absolute Gasteiger partial charge is 0.350 e. The maximum Gasteiger partial charge on any atom is 0.243 e. The molecule has 2 amide bonds. The minimum Gasteiger partial charge on any atom is -0.350 e. The third-order valence-corrected chi connectivity index (χ3v) is 4.45. The van der Waals surface area contributed by atoms with Gasteiger partial charge in [-0.25, -0.2) is 9.67 Å². The maximum atomic E-state index is 12.5. The quantitative estimate of drug-likeness (QED) is 0.770. The van der Waals surface area contributed by atoms with E-state index in [1.54, 1.807) is 28.0 Å². The lowest BCUT2D eigenvalue weighted by atomic mass is 10.1. The summed E-state index contributed by atoms with van der Waals surface area (Å²) in [5.41, 5.74) is 7.00. The second-order valence-corrected chi connectivity index (χ2v) is 7.95. The molecule has 29 heavy (non-hydrogen) atoms. The van der Waals surface area contributed by atoms with E-state index < -0.39 is 6.04 Å². The van der Waals surface area contributed by atoms with Crippen molar-refractivity contribution in [1.82, 2.24) is 25.0 Å². The number of carbonyl (C=O) groups is 2. The van der Waals surface area contributed by atoms with Crippen LogP contribution in [0.4, 0.5) is 0 Å². The van der Waals surface area contributed by atoms with Crippen molar-refractivity contribution in [3.8, 4) is 5.69 Å². The smallest absolute Gasteiger partial charge is 0.243 e. The zero-order chi connectivity index (χ0) is 21.4. The number of rotatable bonds is 5. The normalized spacial score (nSPS) is 15.8. The number of halogens is 1. The molecule has 2 heterocycles. The average molecular weight is 421 g/mol. The standard InChI is InChI=1S/C16H19ClN6O2.C4H10/c17-12-3-4-13(23-10-19-9-21-23)11(6-12)8-20-16(25)14-2-1-5-22(14)15(24)7-18;1-4(2)3/h3-4,6,9-10,14H,1-2,5,7-8,18H2,(H,20,25);4H,1-3H3/t14-;/m0./s1. The number of nitrogens with one attached hydrogen (secondary N) is 1. The molecule has 3 rings (SSSR count). The third kappa shape index (κ3) is 6.54. The molecule has 0 aliphatic carbocycles. The molecule has 8 nitrogen and oxygen atoms in total. The van der Waals surface area contributed by atoms with Gasteiger partial charge in [-0.1, -0.05) is 32.4 Å². The molecule has 9 heteroatoms. The highest BCUT2D eigenvalue weighted by molar-refractivity contribution is 6.30. The van der Waals surface area contributed by atoms with Crippen molar-refractivity contribution in [3.05, 3.63) is 41.4 Å². The van der Waals surface area contributed by atoms with Gasteiger partial charge < -0.3 is 16.0 Å². The van der Waals surface area contributed by atoms with E-state index in [0.29, 0.717) is 18.0 Å². The summed E-state index contributed by atoms with van der Waals surface area (Å²) >= 11 is 6.08. The van der Waals surface area contributed by atoms with Crippen LogP contribution < -0.4 is 11.1 Å². The first-order chi connectivity index (χ1) is 13.8. The van der Waals surface area contributed by atoms with E-state index in [4.69, 9.17) is 17.3 Å². The number of nitrogens with zero attached hydrogens (tertiary/aromatic N) is 4. The van der Waals surface area contributed by atoms with E-state index in [1.165, 1.54) is 6.33 Å². The first-order valence-electron chi connectivity index (χ1n) is 9.74. The molecule has 1 aliphatic rings. The van der Waals surface area contributed by atoms with Crippen LogP contribution in [0.15, 0.2) is 30.9 Å². The van der Waals surface area contributed by atoms with Crippen LogP contribution in [0, 0.1) is 5.92 Å². The zero-order valence-corrected chi connectivity index (χ0v) is 17.9. The molecule has 1 aromatic carbocycles. The van der Waals surface area contributed by atoms with Gasteiger partial charge in [0, 0.05) is 18.1 Å². The third-order valence-electron chi connectivity index (χ3n) is 4.21. The highest BCUT2D eigenvalue weighted by Gasteiger charge is 2.33. The van der Waals surface area contributed by atoms with Crippen LogP contribution in [0.25, 0.3) is 5.69 Å². The summed E-state index contributed by atoms with van der Waals surface area (Å²) in [7, 11) is 0. The van der Waals surface area contributed by atoms with Crippen molar-refractivity contribution in [1.29, 1.82) is 0 Å². The average Bonchev–Trinajstić information content (AvgIpc) is 3.37. The van der Waals surface area contributed by atoms with Crippen molar-refractivity contribution >= 4 is 23.4 Å². The molecule has 0 saturated carbocycles. The molecular weight excluding hydrogens is 392 g/mol. The van der Waals surface area contributed by atoms with Crippen LogP contribution in [-0.2, 0) is 16.1 Å². The topological polar surface area (TPSA) is 106 Å². The summed E-state index contributed by atoms with van der Waals surface area (Å²) in [6.07, 6.45) is 4.45. The second kappa shape index (κ2) is 10.9. The lowest BCUT2D eigenvalue weighted by molar-refractivity contribution is -0.137. The predicted molar refractivity (Wildman–Crippen MR) is 113 cm³/mol. The van der Waals surface area contributed by atoms with Crippen molar-refractivity contribution in [3.63, 3.8) is 0 Å². The summed E-state index contributed by atoms with van der Waals surface area (Å²) in [5, 5.41) is 7.56. The van der Waals surface area contributed by atoms with Gasteiger partial charge in [0.25, 0.3) is 0 Å². The van der Waals surface area contributed by atoms with Gasteiger partial charge in [-0.15, -0.1) is 0 Å². The fraction of sp³-hybridized carbons (Fsp3) is 0.500. The van der Waals surface area contributed by atoms with E-state index in [-0.39, 0.29) is 24.9 Å². The molecule has 1 saturated heterocycles. The molecule has 1 atom stereocenters. The Kier molecular flexibility index (Phi) is 8.60. The SMILES string of the molecule is CC(C)C.NCC(=O)N1CCC[C@H]1C(=O)NCc1cc(Cl)ccc1-n1cncn1. The summed E-state index contributed by atoms with van der Waals surface area (Å²) in [6, 6.07) is 4.88. The summed E-state index contributed by atoms with van der Waals surface area (Å²) < 4.78 is 1.61. The lowest BCUT2D eigenvalue weighted by Gasteiger charge is -2.23. The van der Waals surface area contributed by atoms with Crippen LogP contribution in [0.1, 0.15) is 39.2 Å². The van der Waals surface area contributed by atoms with Gasteiger partial charge in [0.05, 0.1) is 12.2 Å². The van der Waals surface area contributed by atoms with Crippen molar-refractivity contribution in [2.24, 2.45) is 11.7 Å². The highest BCUT2D eigenvalue weighted by atomic mass is 35.5. The Bertz CT molecular complexity index is 807. The Hall–Kier alpha value is -2.45. The number of benzene rings is 1. The van der Waals surface area contributed by atoms with E-state index in [2.05, 4.69) is 36.2 Å². The van der Waals surface area contributed by atoms with Gasteiger partial charge >= 0.3 is 0 Å². The number of likely N-dealkylation sites (tertiary alicyclic amines) is 1. The highest BCUT2D eigenvalue weighted by Crippen LogP contribution is 2.20. The first kappa shape index (κ1) is 22.8. The number of nitrogens with two attached hydrogens (primary N) is 1. The predicted octanol–water partition coefficient (Wildman–Crippen LogP) is 2.15. The van der Waals surface area contributed by atoms with Crippen LogP contribution >= 0.6 is 11.6 Å². The zero-order valence-electron chi connectivity index (χ0n) is 17.1. The molecule has 0 spiro atoms. The fourth-order valence-corrected chi connectivity index (χ4v) is 3.20. The Labute approximate surface area is 176 Å². The number of aromatic nitrogens is 3. The van der Waals surface area contributed by atoms with Crippen molar-refractivity contribution < 1.29 is 9.59 Å². The number of hydrogen-bond donors (Lipinski definition) is 2. The monoisotopic (exact) mass is 420 g/mol. The fourth-order valence-electron chi connectivity index (χ4n) is 3.01. The first-order valence-corrected chi connectivity index (χ1v) is 10.1. The molecule has 0 bridgehead atoms. The minimum atomic E-state index is -0.468. The summed E-state index contributed by atoms with van der Waals surface area (Å²) in [5.74, 6) is 0.438. The van der Waals surface area contributed by atoms with Crippen LogP contribution in [0.3, 0.4) is 0 Å². The van der Waals surface area contributed by atoms with E-state index >= 15 is 0 Å². The van der Waals surface area contributed by atoms with Gasteiger partial charge in [-0.3, -0.25) is 9.59 Å². The Morgan fingerprint density at radius 1 is 1.34 bits per heavy atom. The van der Waals surface area contributed by atoms with Gasteiger partial charge in [-0.05, 0) is 42.5 Å². The number of hydrogen-bond acceptors (Lipinski definition) is 5. The van der Waals surface area contributed by atoms with E-state index in [0.717, 1.165) is 23.6 Å². The van der Waals surface area contributed by atoms with Gasteiger partial charge in [0.1, 0.15) is 18.7 Å². The molecule has 3 N–H and O–H groups in total. The van der Waals surface area contributed by atoms with Gasteiger partial charge in [0.2, 0.25) is 11.8 Å². The molecule has 0 unspecified atom stereocenters. The molecule has 1 fully saturated rings. The molecule has 1 aromatic heterocycles. The van der Waals surface area contributed by atoms with Crippen molar-refractivity contribution in [2.45, 2.75) is 46.2 Å². The summed E-state index contributed by atoms with van der Waals surface area (Å²) in [6.45, 7) is 7.25. The maximum absolute atomic E-state index is 12.5. The summed E-state index contributed by atoms with van der Waals surface area (Å²) in [4.78, 5) is 29.8. The van der Waals surface area contributed by atoms with Crippen LogP contribution in [-0.4, -0.2) is 50.6 Å². The van der Waals surface area contributed by atoms with Crippen LogP contribution in [0.5, 0.6) is 0 Å². The Morgan fingerprint density at radius 2 is 2.07 bits per heavy atom. The molecular formula is C20H29ClN6O2. The number of carbonyl (C=O) groups excluding carboxylic acids is 2. The van der Waals surface area contributed by atoms with Gasteiger partial charge in [-0.2, -0.15) is 5.10 Å². The lowest BCUT2D eigenvalue weighted by Crippen LogP contribution is -2.47. The number of amides is 2. The van der Waals surface area contributed by atoms with E-state index in [1.807, 2.05) is 6.07 Å². The Balaban J connectivity index is 0.000000687. The van der Waals surface area contributed by atoms with Gasteiger partial charge in [0.15, 0.2) is 0 Å². The molecule has 0 radical (unpaired) electrons. The van der Waals surface area contributed by atoms with E-state index in [9.17, 15) is 9.59 Å². The molecule has 1 aliphatic heterocycles. The minimum absolute atomic E-state index is 0.0888.